The predicted octanol–water partition coefficient (Wildman–Crippen LogP) is 16.4. The van der Waals surface area contributed by atoms with E-state index in [9.17, 15) is 48.7 Å². The zero-order valence-electron chi connectivity index (χ0n) is 37.4. The van der Waals surface area contributed by atoms with Crippen molar-refractivity contribution in [1.29, 1.82) is 0 Å². The Balaban J connectivity index is 0.000000425. The number of benzene rings is 5. The van der Waals surface area contributed by atoms with Gasteiger partial charge in [0.25, 0.3) is 0 Å². The molecule has 0 saturated heterocycles. The fourth-order valence-corrected chi connectivity index (χ4v) is 6.95. The smallest absolute Gasteiger partial charge is 0.423 e. The van der Waals surface area contributed by atoms with Gasteiger partial charge in [-0.2, -0.15) is 0 Å². The maximum absolute atomic E-state index is 13.6. The van der Waals surface area contributed by atoms with E-state index < -0.39 is 70.9 Å². The van der Waals surface area contributed by atoms with Crippen LogP contribution in [0.5, 0.6) is 0 Å². The van der Waals surface area contributed by atoms with E-state index in [-0.39, 0.29) is 32.9 Å². The topological polar surface area (TPSA) is 57.5 Å². The van der Waals surface area contributed by atoms with Gasteiger partial charge in [0.2, 0.25) is 0 Å². The van der Waals surface area contributed by atoms with Gasteiger partial charge in [-0.05, 0) is 110 Å². The Kier molecular flexibility index (Phi) is 29.3. The molecule has 0 bridgehead atoms. The lowest BCUT2D eigenvalue weighted by atomic mass is 9.79. The minimum Gasteiger partial charge on any atom is -0.423 e. The Morgan fingerprint density at radius 2 is 0.821 bits per heavy atom. The molecule has 5 rings (SSSR count). The van der Waals surface area contributed by atoms with E-state index in [0.29, 0.717) is 50.4 Å². The molecular formula is C49H51BBr4F10O3. The van der Waals surface area contributed by atoms with E-state index in [1.165, 1.54) is 42.5 Å². The summed E-state index contributed by atoms with van der Waals surface area (Å²) >= 11 is 11.9. The maximum Gasteiger partial charge on any atom is 0.488 e. The highest BCUT2D eigenvalue weighted by atomic mass is 79.9. The first-order valence-electron chi connectivity index (χ1n) is 20.9. The molecule has 5 aromatic carbocycles. The average molecular weight is 1210 g/mol. The van der Waals surface area contributed by atoms with Crippen LogP contribution in [0.2, 0.25) is 0 Å². The first-order chi connectivity index (χ1) is 31.4. The van der Waals surface area contributed by atoms with Crippen molar-refractivity contribution >= 4 is 88.7 Å². The predicted molar refractivity (Wildman–Crippen MR) is 262 cm³/mol. The van der Waals surface area contributed by atoms with Gasteiger partial charge in [0, 0.05) is 40.6 Å². The van der Waals surface area contributed by atoms with Gasteiger partial charge in [0.05, 0.1) is 5.56 Å². The van der Waals surface area contributed by atoms with Crippen molar-refractivity contribution in [2.45, 2.75) is 86.5 Å². The number of allylic oxidation sites excluding steroid dienone is 1. The van der Waals surface area contributed by atoms with Crippen molar-refractivity contribution in [2.75, 3.05) is 0 Å². The normalized spacial score (nSPS) is 12.0. The van der Waals surface area contributed by atoms with E-state index in [4.69, 9.17) is 10.0 Å². The van der Waals surface area contributed by atoms with Crippen LogP contribution in [0.25, 0.3) is 6.08 Å². The third-order valence-corrected chi connectivity index (χ3v) is 11.8. The number of carbonyl (C=O) groups excluding carboxylic acids is 1. The van der Waals surface area contributed by atoms with Crippen LogP contribution in [-0.4, -0.2) is 23.5 Å². The van der Waals surface area contributed by atoms with Crippen LogP contribution >= 0.6 is 63.7 Å². The molecule has 0 aliphatic heterocycles. The van der Waals surface area contributed by atoms with Crippen molar-refractivity contribution in [3.05, 3.63) is 171 Å². The van der Waals surface area contributed by atoms with E-state index in [1.807, 2.05) is 33.8 Å². The summed E-state index contributed by atoms with van der Waals surface area (Å²) in [6.45, 7) is 12.3. The molecule has 0 saturated carbocycles. The second-order valence-corrected chi connectivity index (χ2v) is 19.0. The molecule has 3 nitrogen and oxygen atoms in total. The van der Waals surface area contributed by atoms with Crippen LogP contribution in [0, 0.1) is 75.9 Å². The van der Waals surface area contributed by atoms with Gasteiger partial charge < -0.3 is 10.0 Å². The minimum atomic E-state index is -1.84. The summed E-state index contributed by atoms with van der Waals surface area (Å²) in [7, 11) is -1.84. The number of rotatable bonds is 13. The Bertz CT molecular complexity index is 2230. The zero-order chi connectivity index (χ0) is 51.1. The quantitative estimate of drug-likeness (QED) is 0.0702. The SMILES string of the molecule is CC[C@@H](C)C=Cc1c(F)cc(Br)cc1F.CC[C@@H](C)CCc1c(F)cc(B(O)O)cc1F.CC[C@@H](C)CCc1c(F)cc(Br)cc1F.Fc1cc(F)cc(Br)c1.O=Cc1c(F)cc(Br)cc1F. The van der Waals surface area contributed by atoms with Gasteiger partial charge >= 0.3 is 7.12 Å². The highest BCUT2D eigenvalue weighted by Crippen LogP contribution is 2.24. The molecule has 0 heterocycles. The number of halogens is 14. The Morgan fingerprint density at radius 1 is 0.493 bits per heavy atom. The van der Waals surface area contributed by atoms with Gasteiger partial charge in [-0.3, -0.25) is 4.79 Å². The van der Waals surface area contributed by atoms with Crippen molar-refractivity contribution in [3.63, 3.8) is 0 Å². The number of hydrogen-bond acceptors (Lipinski definition) is 3. The molecule has 0 amide bonds. The lowest BCUT2D eigenvalue weighted by Crippen LogP contribution is -2.31. The molecular weight excluding hydrogens is 1160 g/mol. The van der Waals surface area contributed by atoms with Crippen LogP contribution in [0.4, 0.5) is 43.9 Å². The van der Waals surface area contributed by atoms with Crippen molar-refractivity contribution < 1.29 is 58.7 Å². The van der Waals surface area contributed by atoms with Gasteiger partial charge in [-0.25, -0.2) is 43.9 Å². The lowest BCUT2D eigenvalue weighted by molar-refractivity contribution is 0.111. The fourth-order valence-electron chi connectivity index (χ4n) is 5.31. The molecule has 366 valence electrons. The third kappa shape index (κ3) is 23.3. The first-order valence-corrected chi connectivity index (χ1v) is 24.1. The molecule has 0 unspecified atom stereocenters. The standard InChI is InChI=1S/C12H17BF2O2.C12H15BrF2.C12H13BrF2.C7H3BrF2O.C6H3BrF2/c1-3-8(2)4-5-10-11(14)6-9(13(16)17)7-12(10)15;2*1-3-8(2)4-5-10-11(14)6-9(13)7-12(10)15;8-4-1-6(9)5(3-11)7(10)2-4;7-4-1-5(8)3-6(9)2-4/h6-8,16-17H,3-5H2,1-2H3;6-8H,3-5H2,1-2H3;4-8H,3H2,1-2H3;1-3H;1-3H/t3*8-;;/m111../s1. The fraction of sp³-hybridized carbons (Fsp3) is 0.327. The third-order valence-electron chi connectivity index (χ3n) is 10.0. The highest BCUT2D eigenvalue weighted by Gasteiger charge is 2.18. The Morgan fingerprint density at radius 3 is 1.13 bits per heavy atom. The van der Waals surface area contributed by atoms with Crippen LogP contribution in [0.1, 0.15) is 101 Å². The summed E-state index contributed by atoms with van der Waals surface area (Å²) in [5.41, 5.74) is -0.438. The van der Waals surface area contributed by atoms with E-state index in [0.717, 1.165) is 56.0 Å². The molecule has 0 spiro atoms. The summed E-state index contributed by atoms with van der Waals surface area (Å²) in [4.78, 5) is 10.1. The molecule has 18 heteroatoms. The molecule has 0 aromatic heterocycles. The molecule has 0 radical (unpaired) electrons. The summed E-state index contributed by atoms with van der Waals surface area (Å²) in [6.07, 6.45) is 8.77. The average Bonchev–Trinajstić information content (AvgIpc) is 3.22. The molecule has 5 aromatic rings. The molecule has 0 aliphatic rings. The van der Waals surface area contributed by atoms with Gasteiger partial charge in [0.15, 0.2) is 6.29 Å². The monoisotopic (exact) mass is 1200 g/mol. The molecule has 3 atom stereocenters. The number of carbonyl (C=O) groups is 1. The van der Waals surface area contributed by atoms with Crippen molar-refractivity contribution in [2.24, 2.45) is 17.8 Å². The van der Waals surface area contributed by atoms with Gasteiger partial charge in [0.1, 0.15) is 58.2 Å². The molecule has 67 heavy (non-hydrogen) atoms. The van der Waals surface area contributed by atoms with Crippen LogP contribution in [0.3, 0.4) is 0 Å². The van der Waals surface area contributed by atoms with Gasteiger partial charge in [-0.1, -0.05) is 137 Å². The van der Waals surface area contributed by atoms with Crippen molar-refractivity contribution in [1.82, 2.24) is 0 Å². The second-order valence-electron chi connectivity index (χ2n) is 15.3. The molecule has 2 N–H and O–H groups in total. The second kappa shape index (κ2) is 31.8. The Hall–Kier alpha value is -3.29. The van der Waals surface area contributed by atoms with E-state index in [2.05, 4.69) is 77.6 Å². The van der Waals surface area contributed by atoms with E-state index >= 15 is 0 Å². The summed E-state index contributed by atoms with van der Waals surface area (Å²) in [5.74, 6) is -5.01. The van der Waals surface area contributed by atoms with Crippen LogP contribution in [-0.2, 0) is 12.8 Å². The highest BCUT2D eigenvalue weighted by molar-refractivity contribution is 9.11. The first kappa shape index (κ1) is 61.7. The Labute approximate surface area is 420 Å². The number of hydrogen-bond donors (Lipinski definition) is 2. The molecule has 0 fully saturated rings. The molecule has 0 aliphatic carbocycles. The summed E-state index contributed by atoms with van der Waals surface area (Å²) in [6, 6.07) is 12.4. The lowest BCUT2D eigenvalue weighted by Gasteiger charge is -2.11. The summed E-state index contributed by atoms with van der Waals surface area (Å²) in [5, 5.41) is 17.7. The maximum atomic E-state index is 13.6. The zero-order valence-corrected chi connectivity index (χ0v) is 43.8. The van der Waals surface area contributed by atoms with Crippen LogP contribution < -0.4 is 5.46 Å². The van der Waals surface area contributed by atoms with Crippen molar-refractivity contribution in [3.8, 4) is 0 Å². The number of aldehydes is 1. The van der Waals surface area contributed by atoms with E-state index in [1.54, 1.807) is 0 Å². The van der Waals surface area contributed by atoms with Gasteiger partial charge in [-0.15, -0.1) is 0 Å². The minimum absolute atomic E-state index is 0.0229. The summed E-state index contributed by atoms with van der Waals surface area (Å²) < 4.78 is 132. The van der Waals surface area contributed by atoms with Crippen LogP contribution in [0.15, 0.2) is 90.7 Å². The largest absolute Gasteiger partial charge is 0.488 e.